The summed E-state index contributed by atoms with van der Waals surface area (Å²) in [5.74, 6) is -0.213. The molecule has 1 heterocycles. The Morgan fingerprint density at radius 1 is 1.30 bits per heavy atom. The van der Waals surface area contributed by atoms with Crippen LogP contribution in [0.15, 0.2) is 53.9 Å². The van der Waals surface area contributed by atoms with Crippen molar-refractivity contribution < 1.29 is 9.90 Å². The Morgan fingerprint density at radius 2 is 2.05 bits per heavy atom. The zero-order chi connectivity index (χ0) is 14.4. The van der Waals surface area contributed by atoms with Crippen LogP contribution in [0.3, 0.4) is 0 Å². The van der Waals surface area contributed by atoms with E-state index < -0.39 is 5.60 Å². The number of aliphatic hydroxyl groups is 1. The predicted octanol–water partition coefficient (Wildman–Crippen LogP) is 2.79. The molecule has 1 atom stereocenters. The van der Waals surface area contributed by atoms with Crippen LogP contribution in [0.1, 0.15) is 17.4 Å². The Balaban J connectivity index is 1.90. The van der Waals surface area contributed by atoms with Gasteiger partial charge in [-0.3, -0.25) is 4.79 Å². The third-order valence-corrected chi connectivity index (χ3v) is 3.78. The standard InChI is InChI=1S/C16H17NO2S/c1-16(19,13-6-3-2-4-7-13)12-17-15(18)10-9-14-8-5-11-20-14/h2-11,19H,12H2,1H3,(H,17,18). The van der Waals surface area contributed by atoms with Gasteiger partial charge in [0, 0.05) is 11.0 Å². The molecule has 2 N–H and O–H groups in total. The predicted molar refractivity (Wildman–Crippen MR) is 82.4 cm³/mol. The summed E-state index contributed by atoms with van der Waals surface area (Å²) in [5, 5.41) is 15.0. The molecule has 0 aliphatic heterocycles. The van der Waals surface area contributed by atoms with E-state index in [4.69, 9.17) is 0 Å². The van der Waals surface area contributed by atoms with Crippen molar-refractivity contribution in [2.75, 3.05) is 6.54 Å². The van der Waals surface area contributed by atoms with E-state index in [2.05, 4.69) is 5.32 Å². The van der Waals surface area contributed by atoms with Crippen molar-refractivity contribution in [1.29, 1.82) is 0 Å². The minimum atomic E-state index is -1.08. The fourth-order valence-electron chi connectivity index (χ4n) is 1.76. The maximum atomic E-state index is 11.7. The molecular formula is C16H17NO2S. The topological polar surface area (TPSA) is 49.3 Å². The Hall–Kier alpha value is -1.91. The summed E-state index contributed by atoms with van der Waals surface area (Å²) in [6.07, 6.45) is 3.24. The van der Waals surface area contributed by atoms with Gasteiger partial charge in [-0.25, -0.2) is 0 Å². The van der Waals surface area contributed by atoms with Crippen LogP contribution in [-0.4, -0.2) is 17.6 Å². The highest BCUT2D eigenvalue weighted by molar-refractivity contribution is 7.10. The van der Waals surface area contributed by atoms with Gasteiger partial charge in [0.2, 0.25) is 5.91 Å². The second-order valence-corrected chi connectivity index (χ2v) is 5.69. The van der Waals surface area contributed by atoms with E-state index in [0.29, 0.717) is 0 Å². The first-order chi connectivity index (χ1) is 9.58. The lowest BCUT2D eigenvalue weighted by atomic mass is 9.96. The largest absolute Gasteiger partial charge is 0.384 e. The quantitative estimate of drug-likeness (QED) is 0.831. The molecule has 1 amide bonds. The highest BCUT2D eigenvalue weighted by atomic mass is 32.1. The van der Waals surface area contributed by atoms with Crippen LogP contribution in [0.5, 0.6) is 0 Å². The SMILES string of the molecule is CC(O)(CNC(=O)C=Cc1cccs1)c1ccccc1. The zero-order valence-electron chi connectivity index (χ0n) is 11.2. The normalized spacial score (nSPS) is 14.1. The molecule has 0 saturated carbocycles. The molecule has 0 radical (unpaired) electrons. The van der Waals surface area contributed by atoms with Crippen LogP contribution < -0.4 is 5.32 Å². The van der Waals surface area contributed by atoms with Crippen LogP contribution in [-0.2, 0) is 10.4 Å². The first-order valence-electron chi connectivity index (χ1n) is 6.35. The lowest BCUT2D eigenvalue weighted by Crippen LogP contribution is -2.37. The van der Waals surface area contributed by atoms with Gasteiger partial charge in [-0.2, -0.15) is 0 Å². The number of nitrogens with one attached hydrogen (secondary N) is 1. The van der Waals surface area contributed by atoms with Crippen molar-refractivity contribution in [3.05, 3.63) is 64.4 Å². The average molecular weight is 287 g/mol. The highest BCUT2D eigenvalue weighted by Gasteiger charge is 2.22. The number of benzene rings is 1. The van der Waals surface area contributed by atoms with Gasteiger partial charge in [-0.15, -0.1) is 11.3 Å². The first-order valence-corrected chi connectivity index (χ1v) is 7.23. The highest BCUT2D eigenvalue weighted by Crippen LogP contribution is 2.18. The molecule has 0 spiro atoms. The number of amides is 1. The van der Waals surface area contributed by atoms with Crippen molar-refractivity contribution in [3.63, 3.8) is 0 Å². The lowest BCUT2D eigenvalue weighted by molar-refractivity contribution is -0.117. The molecule has 1 unspecified atom stereocenters. The van der Waals surface area contributed by atoms with Crippen LogP contribution in [0.25, 0.3) is 6.08 Å². The third-order valence-electron chi connectivity index (χ3n) is 2.94. The van der Waals surface area contributed by atoms with Gasteiger partial charge >= 0.3 is 0 Å². The number of hydrogen-bond donors (Lipinski definition) is 2. The van der Waals surface area contributed by atoms with E-state index in [1.54, 1.807) is 24.3 Å². The van der Waals surface area contributed by atoms with Crippen molar-refractivity contribution >= 4 is 23.3 Å². The van der Waals surface area contributed by atoms with Gasteiger partial charge in [0.1, 0.15) is 5.60 Å². The summed E-state index contributed by atoms with van der Waals surface area (Å²) in [5.41, 5.74) is -0.296. The monoisotopic (exact) mass is 287 g/mol. The smallest absolute Gasteiger partial charge is 0.244 e. The fraction of sp³-hybridized carbons (Fsp3) is 0.188. The van der Waals surface area contributed by atoms with Gasteiger partial charge in [0.15, 0.2) is 0 Å². The van der Waals surface area contributed by atoms with E-state index in [1.807, 2.05) is 47.8 Å². The molecule has 20 heavy (non-hydrogen) atoms. The summed E-state index contributed by atoms with van der Waals surface area (Å²) in [7, 11) is 0. The lowest BCUT2D eigenvalue weighted by Gasteiger charge is -2.23. The number of carbonyl (C=O) groups is 1. The maximum Gasteiger partial charge on any atom is 0.244 e. The Labute approximate surface area is 122 Å². The number of hydrogen-bond acceptors (Lipinski definition) is 3. The number of rotatable bonds is 5. The maximum absolute atomic E-state index is 11.7. The molecule has 0 aliphatic rings. The summed E-state index contributed by atoms with van der Waals surface area (Å²) in [6, 6.07) is 13.2. The van der Waals surface area contributed by atoms with E-state index in [0.717, 1.165) is 10.4 Å². The molecule has 0 fully saturated rings. The minimum absolute atomic E-state index is 0.171. The third kappa shape index (κ3) is 4.05. The summed E-state index contributed by atoms with van der Waals surface area (Å²) >= 11 is 1.57. The van der Waals surface area contributed by atoms with Crippen LogP contribution in [0.2, 0.25) is 0 Å². The van der Waals surface area contributed by atoms with Crippen molar-refractivity contribution in [2.45, 2.75) is 12.5 Å². The van der Waals surface area contributed by atoms with E-state index in [-0.39, 0.29) is 12.5 Å². The second-order valence-electron chi connectivity index (χ2n) is 4.71. The molecule has 1 aromatic heterocycles. The molecule has 3 nitrogen and oxygen atoms in total. The molecule has 0 aliphatic carbocycles. The van der Waals surface area contributed by atoms with Crippen molar-refractivity contribution in [1.82, 2.24) is 5.32 Å². The minimum Gasteiger partial charge on any atom is -0.384 e. The molecule has 2 rings (SSSR count). The van der Waals surface area contributed by atoms with Gasteiger partial charge in [-0.05, 0) is 30.0 Å². The molecule has 2 aromatic rings. The molecule has 0 bridgehead atoms. The Bertz CT molecular complexity index is 574. The summed E-state index contributed by atoms with van der Waals surface area (Å²) < 4.78 is 0. The van der Waals surface area contributed by atoms with Gasteiger partial charge in [0.05, 0.1) is 6.54 Å². The Kier molecular flexibility index (Phi) is 4.71. The molecular weight excluding hydrogens is 270 g/mol. The second kappa shape index (κ2) is 6.50. The molecule has 0 saturated heterocycles. The van der Waals surface area contributed by atoms with Gasteiger partial charge in [-0.1, -0.05) is 36.4 Å². The van der Waals surface area contributed by atoms with E-state index >= 15 is 0 Å². The van der Waals surface area contributed by atoms with Gasteiger partial charge in [0.25, 0.3) is 0 Å². The fourth-order valence-corrected chi connectivity index (χ4v) is 2.38. The molecule has 4 heteroatoms. The zero-order valence-corrected chi connectivity index (χ0v) is 12.1. The average Bonchev–Trinajstić information content (AvgIpc) is 2.97. The van der Waals surface area contributed by atoms with E-state index in [9.17, 15) is 9.90 Å². The summed E-state index contributed by atoms with van der Waals surface area (Å²) in [6.45, 7) is 1.86. The first kappa shape index (κ1) is 14.5. The van der Waals surface area contributed by atoms with Gasteiger partial charge < -0.3 is 10.4 Å². The molecule has 104 valence electrons. The van der Waals surface area contributed by atoms with E-state index in [1.165, 1.54) is 6.08 Å². The van der Waals surface area contributed by atoms with Crippen LogP contribution >= 0.6 is 11.3 Å². The van der Waals surface area contributed by atoms with Crippen LogP contribution in [0.4, 0.5) is 0 Å². The molecule has 1 aromatic carbocycles. The van der Waals surface area contributed by atoms with Crippen LogP contribution in [0, 0.1) is 0 Å². The van der Waals surface area contributed by atoms with Crippen molar-refractivity contribution in [3.8, 4) is 0 Å². The number of thiophene rings is 1. The Morgan fingerprint density at radius 3 is 2.70 bits per heavy atom. The summed E-state index contributed by atoms with van der Waals surface area (Å²) in [4.78, 5) is 12.7. The number of carbonyl (C=O) groups excluding carboxylic acids is 1. The van der Waals surface area contributed by atoms with Crippen molar-refractivity contribution in [2.24, 2.45) is 0 Å².